The molecule has 4 rings (SSSR count). The van der Waals surface area contributed by atoms with Crippen LogP contribution < -0.4 is 15.5 Å². The number of aliphatic imine (C=N–C) groups is 1. The molecule has 6 nitrogen and oxygen atoms in total. The summed E-state index contributed by atoms with van der Waals surface area (Å²) in [5.74, 6) is 1.02. The van der Waals surface area contributed by atoms with Gasteiger partial charge in [0.15, 0.2) is 17.6 Å². The number of guanidine groups is 1. The molecule has 0 radical (unpaired) electrons. The van der Waals surface area contributed by atoms with E-state index in [2.05, 4.69) is 45.8 Å². The summed E-state index contributed by atoms with van der Waals surface area (Å²) in [4.78, 5) is 15.1. The van der Waals surface area contributed by atoms with Crippen LogP contribution in [0.3, 0.4) is 0 Å². The first kappa shape index (κ1) is 21.1. The molecule has 2 aromatic rings. The fourth-order valence-corrected chi connectivity index (χ4v) is 5.07. The van der Waals surface area contributed by atoms with Crippen molar-refractivity contribution in [2.45, 2.75) is 45.3 Å². The normalized spacial score (nSPS) is 20.8. The minimum Gasteiger partial charge on any atom is -0.357 e. The van der Waals surface area contributed by atoms with E-state index < -0.39 is 0 Å². The molecule has 2 atom stereocenters. The van der Waals surface area contributed by atoms with Crippen molar-refractivity contribution in [1.29, 1.82) is 0 Å². The molecule has 8 heteroatoms. The average Bonchev–Trinajstić information content (AvgIpc) is 3.41. The summed E-state index contributed by atoms with van der Waals surface area (Å²) in [6.07, 6.45) is 3.72. The van der Waals surface area contributed by atoms with Crippen molar-refractivity contribution in [2.24, 2.45) is 4.99 Å². The van der Waals surface area contributed by atoms with Gasteiger partial charge in [-0.25, -0.2) is 9.37 Å². The molecular formula is C22H31FN6S. The number of nitrogens with zero attached hydrogens (tertiary/aromatic N) is 4. The molecule has 162 valence electrons. The van der Waals surface area contributed by atoms with Crippen LogP contribution in [0.15, 0.2) is 34.8 Å². The fourth-order valence-electron chi connectivity index (χ4n) is 4.18. The Morgan fingerprint density at radius 3 is 3.13 bits per heavy atom. The molecule has 0 aromatic carbocycles. The van der Waals surface area contributed by atoms with Crippen molar-refractivity contribution in [3.05, 3.63) is 46.0 Å². The molecule has 2 aliphatic heterocycles. The molecule has 0 saturated carbocycles. The summed E-state index contributed by atoms with van der Waals surface area (Å²) in [5, 5.41) is 9.10. The highest BCUT2D eigenvalue weighted by Gasteiger charge is 2.26. The van der Waals surface area contributed by atoms with Gasteiger partial charge in [-0.2, -0.15) is 0 Å². The zero-order chi connectivity index (χ0) is 20.9. The van der Waals surface area contributed by atoms with Gasteiger partial charge in [0.25, 0.3) is 0 Å². The number of pyridine rings is 1. The molecule has 0 spiro atoms. The Morgan fingerprint density at radius 2 is 2.30 bits per heavy atom. The molecule has 2 aromatic heterocycles. The maximum atomic E-state index is 14.0. The van der Waals surface area contributed by atoms with Gasteiger partial charge in [0, 0.05) is 55.9 Å². The smallest absolute Gasteiger partial charge is 0.191 e. The van der Waals surface area contributed by atoms with Crippen LogP contribution in [-0.2, 0) is 13.0 Å². The van der Waals surface area contributed by atoms with Crippen molar-refractivity contribution in [3.63, 3.8) is 0 Å². The molecule has 30 heavy (non-hydrogen) atoms. The maximum Gasteiger partial charge on any atom is 0.191 e. The Balaban J connectivity index is 1.32. The molecular weight excluding hydrogens is 399 g/mol. The van der Waals surface area contributed by atoms with E-state index in [4.69, 9.17) is 4.99 Å². The lowest BCUT2D eigenvalue weighted by Crippen LogP contribution is -2.46. The number of halogens is 1. The number of hydrogen-bond donors (Lipinski definition) is 2. The van der Waals surface area contributed by atoms with E-state index in [1.165, 1.54) is 16.5 Å². The summed E-state index contributed by atoms with van der Waals surface area (Å²) >= 11 is 1.87. The predicted molar refractivity (Wildman–Crippen MR) is 122 cm³/mol. The van der Waals surface area contributed by atoms with Crippen LogP contribution in [0, 0.1) is 5.82 Å². The number of nitrogens with one attached hydrogen (secondary N) is 2. The minimum atomic E-state index is -0.261. The molecule has 2 aliphatic rings. The van der Waals surface area contributed by atoms with Crippen LogP contribution >= 0.6 is 11.3 Å². The van der Waals surface area contributed by atoms with Gasteiger partial charge in [0.05, 0.1) is 6.54 Å². The first-order chi connectivity index (χ1) is 14.6. The third-order valence-electron chi connectivity index (χ3n) is 5.89. The van der Waals surface area contributed by atoms with E-state index in [0.29, 0.717) is 11.9 Å². The van der Waals surface area contributed by atoms with Gasteiger partial charge in [-0.05, 0) is 55.8 Å². The summed E-state index contributed by atoms with van der Waals surface area (Å²) in [6, 6.07) is 5.96. The lowest BCUT2D eigenvalue weighted by molar-refractivity contribution is 0.197. The average molecular weight is 431 g/mol. The molecule has 1 saturated heterocycles. The zero-order valence-corrected chi connectivity index (χ0v) is 18.6. The molecule has 0 bridgehead atoms. The van der Waals surface area contributed by atoms with E-state index in [-0.39, 0.29) is 11.9 Å². The molecule has 4 heterocycles. The quantitative estimate of drug-likeness (QED) is 0.545. The second kappa shape index (κ2) is 9.75. The number of thiophene rings is 1. The van der Waals surface area contributed by atoms with Gasteiger partial charge >= 0.3 is 0 Å². The number of anilines is 1. The summed E-state index contributed by atoms with van der Waals surface area (Å²) in [5.41, 5.74) is 1.47. The highest BCUT2D eigenvalue weighted by Crippen LogP contribution is 2.25. The third kappa shape index (κ3) is 4.92. The van der Waals surface area contributed by atoms with Crippen LogP contribution in [0.4, 0.5) is 10.2 Å². The highest BCUT2D eigenvalue weighted by atomic mass is 32.1. The maximum absolute atomic E-state index is 14.0. The summed E-state index contributed by atoms with van der Waals surface area (Å²) in [6.45, 7) is 9.53. The van der Waals surface area contributed by atoms with Crippen molar-refractivity contribution in [2.75, 3.05) is 37.6 Å². The molecule has 1 fully saturated rings. The van der Waals surface area contributed by atoms with Gasteiger partial charge in [-0.1, -0.05) is 0 Å². The SMILES string of the molecule is CCNC(=NCC(C)N1CCc2sccc2C1)NC1CCN(c2ncccc2F)C1. The fraction of sp³-hybridized carbons (Fsp3) is 0.545. The Bertz CT molecular complexity index is 869. The number of hydrogen-bond acceptors (Lipinski definition) is 5. The lowest BCUT2D eigenvalue weighted by atomic mass is 10.1. The molecule has 2 unspecified atom stereocenters. The Hall–Kier alpha value is -2.19. The number of aromatic nitrogens is 1. The van der Waals surface area contributed by atoms with E-state index in [9.17, 15) is 4.39 Å². The highest BCUT2D eigenvalue weighted by molar-refractivity contribution is 7.10. The Morgan fingerprint density at radius 1 is 1.40 bits per heavy atom. The molecule has 2 N–H and O–H groups in total. The Labute approximate surface area is 182 Å². The van der Waals surface area contributed by atoms with Crippen molar-refractivity contribution >= 4 is 23.1 Å². The van der Waals surface area contributed by atoms with E-state index in [1.807, 2.05) is 16.2 Å². The van der Waals surface area contributed by atoms with Crippen molar-refractivity contribution < 1.29 is 4.39 Å². The summed E-state index contributed by atoms with van der Waals surface area (Å²) in [7, 11) is 0. The second-order valence-corrected chi connectivity index (χ2v) is 9.04. The van der Waals surface area contributed by atoms with Crippen molar-refractivity contribution in [1.82, 2.24) is 20.5 Å². The van der Waals surface area contributed by atoms with Gasteiger partial charge in [-0.15, -0.1) is 11.3 Å². The first-order valence-corrected chi connectivity index (χ1v) is 11.7. The van der Waals surface area contributed by atoms with Gasteiger partial charge in [0.2, 0.25) is 0 Å². The number of fused-ring (bicyclic) bond motifs is 1. The third-order valence-corrected chi connectivity index (χ3v) is 6.91. The molecule has 0 aliphatic carbocycles. The predicted octanol–water partition coefficient (Wildman–Crippen LogP) is 2.86. The van der Waals surface area contributed by atoms with E-state index in [1.54, 1.807) is 12.3 Å². The van der Waals surface area contributed by atoms with E-state index in [0.717, 1.165) is 58.1 Å². The lowest BCUT2D eigenvalue weighted by Gasteiger charge is -2.31. The largest absolute Gasteiger partial charge is 0.357 e. The van der Waals surface area contributed by atoms with Crippen LogP contribution in [0.5, 0.6) is 0 Å². The first-order valence-electron chi connectivity index (χ1n) is 10.8. The summed E-state index contributed by atoms with van der Waals surface area (Å²) < 4.78 is 14.0. The standard InChI is InChI=1S/C22H31FN6S/c1-3-24-22(26-13-16(2)28-11-7-20-17(14-28)8-12-30-20)27-18-6-10-29(15-18)21-19(23)5-4-9-25-21/h4-5,8-9,12,16,18H,3,6-7,10-11,13-15H2,1-2H3,(H2,24,26,27). The number of rotatable bonds is 6. The van der Waals surface area contributed by atoms with Crippen LogP contribution in [-0.4, -0.2) is 60.7 Å². The Kier molecular flexibility index (Phi) is 6.84. The topological polar surface area (TPSA) is 55.8 Å². The van der Waals surface area contributed by atoms with Gasteiger partial charge < -0.3 is 15.5 Å². The van der Waals surface area contributed by atoms with Gasteiger partial charge in [-0.3, -0.25) is 9.89 Å². The van der Waals surface area contributed by atoms with Crippen LogP contribution in [0.2, 0.25) is 0 Å². The second-order valence-electron chi connectivity index (χ2n) is 8.04. The monoisotopic (exact) mass is 430 g/mol. The molecule has 0 amide bonds. The van der Waals surface area contributed by atoms with Crippen LogP contribution in [0.1, 0.15) is 30.7 Å². The minimum absolute atomic E-state index is 0.225. The van der Waals surface area contributed by atoms with Gasteiger partial charge in [0.1, 0.15) is 0 Å². The zero-order valence-electron chi connectivity index (χ0n) is 17.8. The van der Waals surface area contributed by atoms with E-state index >= 15 is 0 Å². The van der Waals surface area contributed by atoms with Crippen LogP contribution in [0.25, 0.3) is 0 Å². The van der Waals surface area contributed by atoms with Crippen molar-refractivity contribution in [3.8, 4) is 0 Å².